The molecule has 1 aromatic carbocycles. The summed E-state index contributed by atoms with van der Waals surface area (Å²) in [5.74, 6) is 0.749. The maximum atomic E-state index is 8.62. The molecular formula is C12H17BrN2O3. The van der Waals surface area contributed by atoms with Gasteiger partial charge in [0.2, 0.25) is 0 Å². The number of rotatable bonds is 6. The van der Waals surface area contributed by atoms with Gasteiger partial charge >= 0.3 is 0 Å². The fourth-order valence-electron chi connectivity index (χ4n) is 1.38. The molecule has 3 N–H and O–H groups in total. The van der Waals surface area contributed by atoms with E-state index in [4.69, 9.17) is 20.4 Å². The summed E-state index contributed by atoms with van der Waals surface area (Å²) in [5.41, 5.74) is 6.13. The normalized spacial score (nSPS) is 13.4. The number of amidine groups is 1. The van der Waals surface area contributed by atoms with Crippen molar-refractivity contribution in [2.24, 2.45) is 10.9 Å². The number of benzene rings is 1. The van der Waals surface area contributed by atoms with E-state index in [1.54, 1.807) is 18.2 Å². The smallest absolute Gasteiger partial charge is 0.171 e. The van der Waals surface area contributed by atoms with Crippen LogP contribution in [0.5, 0.6) is 5.75 Å². The second-order valence-corrected chi connectivity index (χ2v) is 4.57. The third kappa shape index (κ3) is 4.19. The van der Waals surface area contributed by atoms with E-state index in [2.05, 4.69) is 21.1 Å². The van der Waals surface area contributed by atoms with Crippen LogP contribution in [-0.4, -0.2) is 30.4 Å². The van der Waals surface area contributed by atoms with E-state index in [1.165, 1.54) is 0 Å². The fourth-order valence-corrected chi connectivity index (χ4v) is 1.94. The molecule has 100 valence electrons. The maximum Gasteiger partial charge on any atom is 0.171 e. The van der Waals surface area contributed by atoms with E-state index in [9.17, 15) is 0 Å². The van der Waals surface area contributed by atoms with E-state index >= 15 is 0 Å². The summed E-state index contributed by atoms with van der Waals surface area (Å²) in [6.45, 7) is 5.08. The zero-order chi connectivity index (χ0) is 13.5. The van der Waals surface area contributed by atoms with E-state index in [0.717, 1.165) is 0 Å². The highest BCUT2D eigenvalue weighted by atomic mass is 79.9. The van der Waals surface area contributed by atoms with Crippen molar-refractivity contribution in [2.45, 2.75) is 20.0 Å². The molecule has 6 heteroatoms. The lowest BCUT2D eigenvalue weighted by molar-refractivity contribution is 0.0657. The van der Waals surface area contributed by atoms with Crippen molar-refractivity contribution >= 4 is 21.8 Å². The standard InChI is InChI=1S/C12H17BrN2O3/c1-3-17-7-8(2)18-9-4-5-10(11(13)6-9)12(14)15-16/h4-6,8,16H,3,7H2,1-2H3,(H2,14,15). The van der Waals surface area contributed by atoms with Gasteiger partial charge in [0.15, 0.2) is 5.84 Å². The van der Waals surface area contributed by atoms with E-state index < -0.39 is 0 Å². The molecule has 0 aliphatic heterocycles. The molecule has 1 rings (SSSR count). The van der Waals surface area contributed by atoms with Gasteiger partial charge in [0.05, 0.1) is 6.61 Å². The minimum absolute atomic E-state index is 0.0356. The molecule has 0 spiro atoms. The van der Waals surface area contributed by atoms with Gasteiger partial charge in [-0.25, -0.2) is 0 Å². The molecule has 0 aliphatic rings. The van der Waals surface area contributed by atoms with E-state index in [1.807, 2.05) is 13.8 Å². The Morgan fingerprint density at radius 3 is 2.83 bits per heavy atom. The Hall–Kier alpha value is -1.27. The van der Waals surface area contributed by atoms with Gasteiger partial charge in [0, 0.05) is 16.6 Å². The highest BCUT2D eigenvalue weighted by Crippen LogP contribution is 2.23. The lowest BCUT2D eigenvalue weighted by Gasteiger charge is -2.15. The SMILES string of the molecule is CCOCC(C)Oc1ccc(/C(N)=N/O)c(Br)c1. The van der Waals surface area contributed by atoms with Crippen molar-refractivity contribution in [3.8, 4) is 5.75 Å². The molecule has 18 heavy (non-hydrogen) atoms. The molecule has 0 bridgehead atoms. The number of hydrogen-bond acceptors (Lipinski definition) is 4. The van der Waals surface area contributed by atoms with Crippen molar-refractivity contribution in [1.82, 2.24) is 0 Å². The van der Waals surface area contributed by atoms with Crippen LogP contribution < -0.4 is 10.5 Å². The number of halogens is 1. The van der Waals surface area contributed by atoms with Gasteiger partial charge in [-0.2, -0.15) is 0 Å². The monoisotopic (exact) mass is 316 g/mol. The van der Waals surface area contributed by atoms with Crippen LogP contribution in [0.4, 0.5) is 0 Å². The summed E-state index contributed by atoms with van der Waals surface area (Å²) in [7, 11) is 0. The second kappa shape index (κ2) is 7.23. The predicted molar refractivity (Wildman–Crippen MR) is 73.2 cm³/mol. The summed E-state index contributed by atoms with van der Waals surface area (Å²) in [5, 5.41) is 11.6. The number of hydrogen-bond donors (Lipinski definition) is 2. The first-order valence-electron chi connectivity index (χ1n) is 5.60. The van der Waals surface area contributed by atoms with Crippen LogP contribution in [0.2, 0.25) is 0 Å². The van der Waals surface area contributed by atoms with Gasteiger partial charge in [0.25, 0.3) is 0 Å². The highest BCUT2D eigenvalue weighted by Gasteiger charge is 2.09. The number of oxime groups is 1. The van der Waals surface area contributed by atoms with Gasteiger partial charge in [-0.1, -0.05) is 5.16 Å². The molecule has 0 saturated carbocycles. The Morgan fingerprint density at radius 2 is 2.28 bits per heavy atom. The summed E-state index contributed by atoms with van der Waals surface area (Å²) in [6.07, 6.45) is -0.0356. The average molecular weight is 317 g/mol. The summed E-state index contributed by atoms with van der Waals surface area (Å²) in [4.78, 5) is 0. The lowest BCUT2D eigenvalue weighted by Crippen LogP contribution is -2.19. The van der Waals surface area contributed by atoms with Crippen molar-refractivity contribution in [3.63, 3.8) is 0 Å². The molecule has 1 aromatic rings. The lowest BCUT2D eigenvalue weighted by atomic mass is 10.2. The molecule has 0 saturated heterocycles. The van der Waals surface area contributed by atoms with Crippen LogP contribution >= 0.6 is 15.9 Å². The van der Waals surface area contributed by atoms with E-state index in [0.29, 0.717) is 29.0 Å². The Labute approximate surface area is 115 Å². The maximum absolute atomic E-state index is 8.62. The quantitative estimate of drug-likeness (QED) is 0.365. The van der Waals surface area contributed by atoms with Crippen LogP contribution in [0.1, 0.15) is 19.4 Å². The van der Waals surface area contributed by atoms with Gasteiger partial charge in [0.1, 0.15) is 11.9 Å². The number of ether oxygens (including phenoxy) is 2. The Balaban J connectivity index is 2.72. The van der Waals surface area contributed by atoms with Crippen LogP contribution in [0.3, 0.4) is 0 Å². The summed E-state index contributed by atoms with van der Waals surface area (Å²) >= 11 is 3.35. The third-order valence-electron chi connectivity index (χ3n) is 2.22. The second-order valence-electron chi connectivity index (χ2n) is 3.71. The molecule has 0 aromatic heterocycles. The zero-order valence-corrected chi connectivity index (χ0v) is 12.0. The molecule has 0 amide bonds. The fraction of sp³-hybridized carbons (Fsp3) is 0.417. The van der Waals surface area contributed by atoms with Crippen LogP contribution in [-0.2, 0) is 4.74 Å². The van der Waals surface area contributed by atoms with Gasteiger partial charge in [-0.15, -0.1) is 0 Å². The minimum Gasteiger partial charge on any atom is -0.488 e. The van der Waals surface area contributed by atoms with Crippen molar-refractivity contribution in [2.75, 3.05) is 13.2 Å². The summed E-state index contributed by atoms with van der Waals surface area (Å²) in [6, 6.07) is 5.26. The first-order chi connectivity index (χ1) is 8.58. The number of nitrogens with zero attached hydrogens (tertiary/aromatic N) is 1. The predicted octanol–water partition coefficient (Wildman–Crippen LogP) is 2.35. The molecule has 0 aliphatic carbocycles. The largest absolute Gasteiger partial charge is 0.488 e. The molecular weight excluding hydrogens is 300 g/mol. The molecule has 0 fully saturated rings. The molecule has 0 heterocycles. The topological polar surface area (TPSA) is 77.1 Å². The highest BCUT2D eigenvalue weighted by molar-refractivity contribution is 9.10. The van der Waals surface area contributed by atoms with Crippen molar-refractivity contribution in [1.29, 1.82) is 0 Å². The molecule has 0 radical (unpaired) electrons. The van der Waals surface area contributed by atoms with Crippen LogP contribution in [0.15, 0.2) is 27.8 Å². The molecule has 5 nitrogen and oxygen atoms in total. The van der Waals surface area contributed by atoms with Gasteiger partial charge in [-0.3, -0.25) is 0 Å². The summed E-state index contributed by atoms with van der Waals surface area (Å²) < 4.78 is 11.6. The Bertz CT molecular complexity index is 424. The van der Waals surface area contributed by atoms with E-state index in [-0.39, 0.29) is 11.9 Å². The van der Waals surface area contributed by atoms with Crippen LogP contribution in [0, 0.1) is 0 Å². The Morgan fingerprint density at radius 1 is 1.56 bits per heavy atom. The van der Waals surface area contributed by atoms with Crippen molar-refractivity contribution < 1.29 is 14.7 Å². The van der Waals surface area contributed by atoms with Crippen molar-refractivity contribution in [3.05, 3.63) is 28.2 Å². The van der Waals surface area contributed by atoms with Gasteiger partial charge < -0.3 is 20.4 Å². The number of nitrogens with two attached hydrogens (primary N) is 1. The zero-order valence-electron chi connectivity index (χ0n) is 10.4. The Kier molecular flexibility index (Phi) is 5.94. The average Bonchev–Trinajstić information content (AvgIpc) is 2.35. The van der Waals surface area contributed by atoms with Crippen LogP contribution in [0.25, 0.3) is 0 Å². The third-order valence-corrected chi connectivity index (χ3v) is 2.87. The van der Waals surface area contributed by atoms with Gasteiger partial charge in [-0.05, 0) is 48.0 Å². The first-order valence-corrected chi connectivity index (χ1v) is 6.39. The molecule has 1 atom stereocenters. The minimum atomic E-state index is -0.0356. The first kappa shape index (κ1) is 14.8. The molecule has 1 unspecified atom stereocenters.